The number of methoxy groups -OCH3 is 1. The molecular formula is C26H38O8S. The minimum Gasteiger partial charge on any atom is -0.459 e. The zero-order chi connectivity index (χ0) is 25.5. The third kappa shape index (κ3) is 8.29. The van der Waals surface area contributed by atoms with Crippen LogP contribution in [-0.2, 0) is 28.5 Å². The lowest BCUT2D eigenvalue weighted by molar-refractivity contribution is 0.00607. The number of carbonyl (C=O) groups excluding carboxylic acids is 2. The third-order valence-electron chi connectivity index (χ3n) is 6.81. The SMILES string of the molecule is COC(C)(C)CCOS(=O)(=O)c1cc(C(=O)OC2CCCCC2)cc(C(=O)OC2CCCCC2)c1. The van der Waals surface area contributed by atoms with E-state index in [0.717, 1.165) is 64.2 Å². The van der Waals surface area contributed by atoms with Crippen molar-refractivity contribution in [2.24, 2.45) is 0 Å². The van der Waals surface area contributed by atoms with E-state index >= 15 is 0 Å². The van der Waals surface area contributed by atoms with E-state index in [-0.39, 0.29) is 34.8 Å². The molecule has 0 heterocycles. The quantitative estimate of drug-likeness (QED) is 0.313. The zero-order valence-corrected chi connectivity index (χ0v) is 21.9. The van der Waals surface area contributed by atoms with E-state index in [1.165, 1.54) is 18.2 Å². The lowest BCUT2D eigenvalue weighted by Crippen LogP contribution is -2.25. The van der Waals surface area contributed by atoms with Crippen LogP contribution in [0, 0.1) is 0 Å². The molecule has 1 aromatic carbocycles. The van der Waals surface area contributed by atoms with Gasteiger partial charge in [-0.25, -0.2) is 9.59 Å². The lowest BCUT2D eigenvalue weighted by Gasteiger charge is -2.23. The normalized spacial score (nSPS) is 18.3. The monoisotopic (exact) mass is 510 g/mol. The molecular weight excluding hydrogens is 472 g/mol. The summed E-state index contributed by atoms with van der Waals surface area (Å²) in [5, 5.41) is 0. The van der Waals surface area contributed by atoms with E-state index in [1.54, 1.807) is 7.11 Å². The van der Waals surface area contributed by atoms with Gasteiger partial charge < -0.3 is 14.2 Å². The number of benzene rings is 1. The lowest BCUT2D eigenvalue weighted by atomic mass is 9.97. The van der Waals surface area contributed by atoms with Crippen molar-refractivity contribution in [2.75, 3.05) is 13.7 Å². The molecule has 35 heavy (non-hydrogen) atoms. The van der Waals surface area contributed by atoms with Gasteiger partial charge in [-0.1, -0.05) is 12.8 Å². The topological polar surface area (TPSA) is 105 Å². The number of hydrogen-bond acceptors (Lipinski definition) is 8. The Morgan fingerprint density at radius 3 is 1.71 bits per heavy atom. The molecule has 2 aliphatic rings. The average molecular weight is 511 g/mol. The molecule has 0 radical (unpaired) electrons. The Hall–Kier alpha value is -1.97. The Kier molecular flexibility index (Phi) is 9.72. The standard InChI is InChI=1S/C26H38O8S/c1-26(2,31-3)14-15-32-35(29,30)23-17-19(24(27)33-21-10-6-4-7-11-21)16-20(18-23)25(28)34-22-12-8-5-9-13-22/h16-18,21-22H,4-15H2,1-3H3. The van der Waals surface area contributed by atoms with Crippen LogP contribution in [0.4, 0.5) is 0 Å². The van der Waals surface area contributed by atoms with Crippen LogP contribution in [0.5, 0.6) is 0 Å². The minimum atomic E-state index is -4.24. The Morgan fingerprint density at radius 1 is 0.829 bits per heavy atom. The predicted octanol–water partition coefficient (Wildman–Crippen LogP) is 5.19. The first kappa shape index (κ1) is 27.6. The second-order valence-electron chi connectivity index (χ2n) is 10.1. The van der Waals surface area contributed by atoms with Gasteiger partial charge in [-0.05, 0) is 83.4 Å². The highest BCUT2D eigenvalue weighted by molar-refractivity contribution is 7.86. The molecule has 196 valence electrons. The predicted molar refractivity (Wildman–Crippen MR) is 130 cm³/mol. The molecule has 0 aromatic heterocycles. The maximum absolute atomic E-state index is 13.0. The van der Waals surface area contributed by atoms with Crippen LogP contribution in [0.1, 0.15) is 105 Å². The van der Waals surface area contributed by atoms with E-state index in [1.807, 2.05) is 13.8 Å². The third-order valence-corrected chi connectivity index (χ3v) is 8.10. The van der Waals surface area contributed by atoms with E-state index in [2.05, 4.69) is 0 Å². The summed E-state index contributed by atoms with van der Waals surface area (Å²) in [5.74, 6) is -1.30. The summed E-state index contributed by atoms with van der Waals surface area (Å²) in [4.78, 5) is 25.6. The summed E-state index contributed by atoms with van der Waals surface area (Å²) in [6.07, 6.45) is 9.18. The van der Waals surface area contributed by atoms with Crippen molar-refractivity contribution < 1.29 is 36.4 Å². The molecule has 0 N–H and O–H groups in total. The fourth-order valence-corrected chi connectivity index (χ4v) is 5.33. The molecule has 1 aromatic rings. The summed E-state index contributed by atoms with van der Waals surface area (Å²) in [6, 6.07) is 3.77. The smallest absolute Gasteiger partial charge is 0.338 e. The Morgan fingerprint density at radius 2 is 1.29 bits per heavy atom. The van der Waals surface area contributed by atoms with E-state index in [0.29, 0.717) is 6.42 Å². The molecule has 2 fully saturated rings. The van der Waals surface area contributed by atoms with Gasteiger partial charge in [0.25, 0.3) is 10.1 Å². The van der Waals surface area contributed by atoms with Gasteiger partial charge in [0.1, 0.15) is 12.2 Å². The number of rotatable bonds is 10. The Balaban J connectivity index is 1.83. The summed E-state index contributed by atoms with van der Waals surface area (Å²) < 4.78 is 47.7. The first-order chi connectivity index (χ1) is 16.6. The molecule has 3 rings (SSSR count). The highest BCUT2D eigenvalue weighted by Gasteiger charge is 2.27. The maximum Gasteiger partial charge on any atom is 0.338 e. The molecule has 0 unspecified atom stereocenters. The van der Waals surface area contributed by atoms with Crippen LogP contribution in [0.3, 0.4) is 0 Å². The van der Waals surface area contributed by atoms with Crippen molar-refractivity contribution in [3.63, 3.8) is 0 Å². The fourth-order valence-electron chi connectivity index (χ4n) is 4.35. The van der Waals surface area contributed by atoms with Gasteiger partial charge in [-0.2, -0.15) is 8.42 Å². The first-order valence-electron chi connectivity index (χ1n) is 12.6. The van der Waals surface area contributed by atoms with Gasteiger partial charge in [0, 0.05) is 13.5 Å². The summed E-state index contributed by atoms with van der Waals surface area (Å²) in [5.41, 5.74) is -0.572. The van der Waals surface area contributed by atoms with Crippen LogP contribution in [-0.4, -0.2) is 51.9 Å². The molecule has 0 saturated heterocycles. The van der Waals surface area contributed by atoms with Crippen LogP contribution in [0.2, 0.25) is 0 Å². The van der Waals surface area contributed by atoms with Gasteiger partial charge in [0.2, 0.25) is 0 Å². The summed E-state index contributed by atoms with van der Waals surface area (Å²) >= 11 is 0. The van der Waals surface area contributed by atoms with Gasteiger partial charge >= 0.3 is 11.9 Å². The van der Waals surface area contributed by atoms with Crippen molar-refractivity contribution in [1.29, 1.82) is 0 Å². The van der Waals surface area contributed by atoms with Crippen LogP contribution < -0.4 is 0 Å². The maximum atomic E-state index is 13.0. The molecule has 0 aliphatic heterocycles. The highest BCUT2D eigenvalue weighted by Crippen LogP contribution is 2.26. The Labute approximate surface area is 208 Å². The largest absolute Gasteiger partial charge is 0.459 e. The fraction of sp³-hybridized carbons (Fsp3) is 0.692. The first-order valence-corrected chi connectivity index (χ1v) is 14.0. The highest BCUT2D eigenvalue weighted by atomic mass is 32.2. The zero-order valence-electron chi connectivity index (χ0n) is 21.0. The van der Waals surface area contributed by atoms with Crippen molar-refractivity contribution >= 4 is 22.1 Å². The number of ether oxygens (including phenoxy) is 3. The van der Waals surface area contributed by atoms with Crippen molar-refractivity contribution in [3.8, 4) is 0 Å². The van der Waals surface area contributed by atoms with Crippen LogP contribution in [0.25, 0.3) is 0 Å². The van der Waals surface area contributed by atoms with Crippen LogP contribution in [0.15, 0.2) is 23.1 Å². The van der Waals surface area contributed by atoms with Gasteiger partial charge in [0.15, 0.2) is 0 Å². The van der Waals surface area contributed by atoms with E-state index < -0.39 is 27.7 Å². The summed E-state index contributed by atoms with van der Waals surface area (Å²) in [7, 11) is -2.70. The summed E-state index contributed by atoms with van der Waals surface area (Å²) in [6.45, 7) is 3.54. The van der Waals surface area contributed by atoms with Gasteiger partial charge in [0.05, 0.1) is 28.2 Å². The minimum absolute atomic E-state index is 0.00642. The van der Waals surface area contributed by atoms with Crippen LogP contribution >= 0.6 is 0 Å². The molecule has 0 atom stereocenters. The number of carbonyl (C=O) groups is 2. The molecule has 2 saturated carbocycles. The molecule has 0 spiro atoms. The van der Waals surface area contributed by atoms with E-state index in [4.69, 9.17) is 18.4 Å². The van der Waals surface area contributed by atoms with E-state index in [9.17, 15) is 18.0 Å². The molecule has 9 heteroatoms. The number of esters is 2. The van der Waals surface area contributed by atoms with Gasteiger partial charge in [-0.3, -0.25) is 4.18 Å². The van der Waals surface area contributed by atoms with Crippen molar-refractivity contribution in [2.45, 2.75) is 107 Å². The van der Waals surface area contributed by atoms with Gasteiger partial charge in [-0.15, -0.1) is 0 Å². The second kappa shape index (κ2) is 12.3. The molecule has 0 bridgehead atoms. The number of hydrogen-bond donors (Lipinski definition) is 0. The van der Waals surface area contributed by atoms with Crippen molar-refractivity contribution in [3.05, 3.63) is 29.3 Å². The second-order valence-corrected chi connectivity index (χ2v) is 11.7. The molecule has 8 nitrogen and oxygen atoms in total. The van der Waals surface area contributed by atoms with Crippen molar-refractivity contribution in [1.82, 2.24) is 0 Å². The average Bonchev–Trinajstić information content (AvgIpc) is 2.84. The Bertz CT molecular complexity index is 923. The molecule has 0 amide bonds. The molecule has 2 aliphatic carbocycles.